The van der Waals surface area contributed by atoms with Crippen LogP contribution in [0.3, 0.4) is 0 Å². The highest BCUT2D eigenvalue weighted by molar-refractivity contribution is 5.81. The van der Waals surface area contributed by atoms with Gasteiger partial charge in [-0.25, -0.2) is 0 Å². The van der Waals surface area contributed by atoms with E-state index < -0.39 is 0 Å². The predicted molar refractivity (Wildman–Crippen MR) is 103 cm³/mol. The van der Waals surface area contributed by atoms with E-state index >= 15 is 0 Å². The Hall–Kier alpha value is -1.95. The van der Waals surface area contributed by atoms with Gasteiger partial charge in [0.2, 0.25) is 11.8 Å². The van der Waals surface area contributed by atoms with Crippen molar-refractivity contribution in [2.45, 2.75) is 51.1 Å². The Kier molecular flexibility index (Phi) is 5.72. The lowest BCUT2D eigenvalue weighted by atomic mass is 9.93. The largest absolute Gasteiger partial charge is 0.352 e. The standard InChI is InChI=1S/C21H30N4O2/c26-20(23-14-16-5-9-22-10-6-16)18-2-1-11-25(15-18)19-7-12-24(13-8-19)21(27)17-3-4-17/h5-6,9-10,17-19H,1-4,7-8,11-15H2,(H,23,26)/t18-/m0/s1. The van der Waals surface area contributed by atoms with Gasteiger partial charge in [-0.15, -0.1) is 0 Å². The van der Waals surface area contributed by atoms with Crippen molar-refractivity contribution in [1.29, 1.82) is 0 Å². The van der Waals surface area contributed by atoms with Gasteiger partial charge in [-0.1, -0.05) is 0 Å². The van der Waals surface area contributed by atoms with Crippen molar-refractivity contribution < 1.29 is 9.59 Å². The molecule has 1 aliphatic carbocycles. The molecule has 6 heteroatoms. The summed E-state index contributed by atoms with van der Waals surface area (Å²) in [6.45, 7) is 4.27. The van der Waals surface area contributed by atoms with Crippen LogP contribution in [0.4, 0.5) is 0 Å². The maximum atomic E-state index is 12.6. The number of hydrogen-bond acceptors (Lipinski definition) is 4. The first-order valence-corrected chi connectivity index (χ1v) is 10.4. The number of amides is 2. The zero-order valence-electron chi connectivity index (χ0n) is 16.0. The molecule has 1 aromatic rings. The predicted octanol–water partition coefficient (Wildman–Crippen LogP) is 1.81. The fourth-order valence-electron chi connectivity index (χ4n) is 4.43. The third-order valence-electron chi connectivity index (χ3n) is 6.26. The maximum absolute atomic E-state index is 12.6. The van der Waals surface area contributed by atoms with E-state index in [9.17, 15) is 9.59 Å². The minimum Gasteiger partial charge on any atom is -0.352 e. The number of nitrogens with one attached hydrogen (secondary N) is 1. The fraction of sp³-hybridized carbons (Fsp3) is 0.667. The number of likely N-dealkylation sites (tertiary alicyclic amines) is 2. The molecule has 0 spiro atoms. The van der Waals surface area contributed by atoms with E-state index in [1.54, 1.807) is 12.4 Å². The summed E-state index contributed by atoms with van der Waals surface area (Å²) in [6.07, 6.45) is 9.82. The van der Waals surface area contributed by atoms with E-state index in [1.807, 2.05) is 12.1 Å². The zero-order chi connectivity index (χ0) is 18.6. The molecule has 0 bridgehead atoms. The van der Waals surface area contributed by atoms with Crippen molar-refractivity contribution in [3.8, 4) is 0 Å². The van der Waals surface area contributed by atoms with E-state index in [4.69, 9.17) is 0 Å². The number of piperidine rings is 2. The Balaban J connectivity index is 1.24. The van der Waals surface area contributed by atoms with Crippen LogP contribution in [0.15, 0.2) is 24.5 Å². The third-order valence-corrected chi connectivity index (χ3v) is 6.26. The second-order valence-corrected chi connectivity index (χ2v) is 8.24. The number of hydrogen-bond donors (Lipinski definition) is 1. The summed E-state index contributed by atoms with van der Waals surface area (Å²) < 4.78 is 0. The molecule has 0 aromatic carbocycles. The van der Waals surface area contributed by atoms with Gasteiger partial charge in [0.1, 0.15) is 0 Å². The topological polar surface area (TPSA) is 65.5 Å². The second-order valence-electron chi connectivity index (χ2n) is 8.24. The van der Waals surface area contributed by atoms with Crippen LogP contribution in [-0.2, 0) is 16.1 Å². The number of pyridine rings is 1. The van der Waals surface area contributed by atoms with E-state index in [0.717, 1.165) is 70.3 Å². The van der Waals surface area contributed by atoms with Gasteiger partial charge in [0.15, 0.2) is 0 Å². The summed E-state index contributed by atoms with van der Waals surface area (Å²) in [5.74, 6) is 0.940. The van der Waals surface area contributed by atoms with Gasteiger partial charge < -0.3 is 10.2 Å². The molecule has 0 unspecified atom stereocenters. The number of nitrogens with zero attached hydrogens (tertiary/aromatic N) is 3. The SMILES string of the molecule is O=C(NCc1ccncc1)[C@H]1CCCN(C2CCN(C(=O)C3CC3)CC2)C1. The molecule has 2 amide bonds. The molecule has 2 saturated heterocycles. The van der Waals surface area contributed by atoms with E-state index in [0.29, 0.717) is 24.4 Å². The van der Waals surface area contributed by atoms with Crippen molar-refractivity contribution in [1.82, 2.24) is 20.1 Å². The molecule has 146 valence electrons. The fourth-order valence-corrected chi connectivity index (χ4v) is 4.43. The normalized spacial score (nSPS) is 24.6. The molecular formula is C21H30N4O2. The van der Waals surface area contributed by atoms with Crippen molar-refractivity contribution in [3.63, 3.8) is 0 Å². The van der Waals surface area contributed by atoms with Gasteiger partial charge in [-0.3, -0.25) is 19.5 Å². The molecule has 2 aliphatic heterocycles. The van der Waals surface area contributed by atoms with Gasteiger partial charge in [0, 0.05) is 50.5 Å². The van der Waals surface area contributed by atoms with Crippen molar-refractivity contribution in [2.24, 2.45) is 11.8 Å². The molecule has 0 radical (unpaired) electrons. The number of aromatic nitrogens is 1. The molecule has 4 rings (SSSR count). The van der Waals surface area contributed by atoms with Crippen molar-refractivity contribution in [2.75, 3.05) is 26.2 Å². The minimum absolute atomic E-state index is 0.0757. The molecule has 3 aliphatic rings. The number of rotatable bonds is 5. The van der Waals surface area contributed by atoms with Crippen LogP contribution in [0, 0.1) is 11.8 Å². The van der Waals surface area contributed by atoms with Crippen molar-refractivity contribution in [3.05, 3.63) is 30.1 Å². The maximum Gasteiger partial charge on any atom is 0.225 e. The highest BCUT2D eigenvalue weighted by Crippen LogP contribution is 2.32. The molecule has 1 aromatic heterocycles. The smallest absolute Gasteiger partial charge is 0.225 e. The van der Waals surface area contributed by atoms with E-state index in [-0.39, 0.29) is 11.8 Å². The molecule has 6 nitrogen and oxygen atoms in total. The average molecular weight is 370 g/mol. The monoisotopic (exact) mass is 370 g/mol. The van der Waals surface area contributed by atoms with E-state index in [1.165, 1.54) is 0 Å². The first-order valence-electron chi connectivity index (χ1n) is 10.4. The average Bonchev–Trinajstić information content (AvgIpc) is 3.58. The van der Waals surface area contributed by atoms with Crippen LogP contribution < -0.4 is 5.32 Å². The van der Waals surface area contributed by atoms with Crippen LogP contribution >= 0.6 is 0 Å². The summed E-state index contributed by atoms with van der Waals surface area (Å²) in [4.78, 5) is 33.4. The molecule has 3 heterocycles. The second kappa shape index (κ2) is 8.38. The van der Waals surface area contributed by atoms with Crippen LogP contribution in [0.5, 0.6) is 0 Å². The van der Waals surface area contributed by atoms with Crippen LogP contribution in [0.25, 0.3) is 0 Å². The molecule has 1 atom stereocenters. The molecule has 3 fully saturated rings. The first-order chi connectivity index (χ1) is 13.2. The summed E-state index contributed by atoms with van der Waals surface area (Å²) >= 11 is 0. The molecule has 1 saturated carbocycles. The Morgan fingerprint density at radius 1 is 1.00 bits per heavy atom. The van der Waals surface area contributed by atoms with Crippen molar-refractivity contribution >= 4 is 11.8 Å². The van der Waals surface area contributed by atoms with Crippen LogP contribution in [-0.4, -0.2) is 58.8 Å². The van der Waals surface area contributed by atoms with E-state index in [2.05, 4.69) is 20.1 Å². The Bertz CT molecular complexity index is 653. The van der Waals surface area contributed by atoms with Gasteiger partial charge >= 0.3 is 0 Å². The summed E-state index contributed by atoms with van der Waals surface area (Å²) in [6, 6.07) is 4.39. The quantitative estimate of drug-likeness (QED) is 0.859. The highest BCUT2D eigenvalue weighted by Gasteiger charge is 2.37. The van der Waals surface area contributed by atoms with Gasteiger partial charge in [0.05, 0.1) is 5.92 Å². The number of carbonyl (C=O) groups is 2. The molecular weight excluding hydrogens is 340 g/mol. The third kappa shape index (κ3) is 4.67. The van der Waals surface area contributed by atoms with Crippen LogP contribution in [0.1, 0.15) is 44.1 Å². The number of carbonyl (C=O) groups excluding carboxylic acids is 2. The summed E-state index contributed by atoms with van der Waals surface area (Å²) in [7, 11) is 0. The lowest BCUT2D eigenvalue weighted by Crippen LogP contribution is -2.51. The molecule has 1 N–H and O–H groups in total. The zero-order valence-corrected chi connectivity index (χ0v) is 16.0. The van der Waals surface area contributed by atoms with Gasteiger partial charge in [-0.2, -0.15) is 0 Å². The Labute approximate surface area is 161 Å². The summed E-state index contributed by atoms with van der Waals surface area (Å²) in [5.41, 5.74) is 1.08. The lowest BCUT2D eigenvalue weighted by Gasteiger charge is -2.42. The first kappa shape index (κ1) is 18.4. The molecule has 27 heavy (non-hydrogen) atoms. The van der Waals surface area contributed by atoms with Gasteiger partial charge in [-0.05, 0) is 62.8 Å². The minimum atomic E-state index is 0.0757. The lowest BCUT2D eigenvalue weighted by molar-refractivity contribution is -0.134. The van der Waals surface area contributed by atoms with Crippen LogP contribution in [0.2, 0.25) is 0 Å². The summed E-state index contributed by atoms with van der Waals surface area (Å²) in [5, 5.41) is 3.09. The Morgan fingerprint density at radius 3 is 2.44 bits per heavy atom. The highest BCUT2D eigenvalue weighted by atomic mass is 16.2. The Morgan fingerprint density at radius 2 is 1.74 bits per heavy atom. The van der Waals surface area contributed by atoms with Gasteiger partial charge in [0.25, 0.3) is 0 Å².